The number of aromatic amines is 2. The van der Waals surface area contributed by atoms with Crippen molar-refractivity contribution in [2.45, 2.75) is 0 Å². The van der Waals surface area contributed by atoms with Crippen LogP contribution < -0.4 is 4.98 Å². The van der Waals surface area contributed by atoms with Crippen LogP contribution in [0.5, 0.6) is 0 Å². The molecule has 0 amide bonds. The number of nitrogens with one attached hydrogen (secondary N) is 2. The number of halogens is 2. The largest absolute Gasteiger partial charge is 0.276 e. The summed E-state index contributed by atoms with van der Waals surface area (Å²) in [6.45, 7) is 0. The summed E-state index contributed by atoms with van der Waals surface area (Å²) in [7, 11) is 0. The van der Waals surface area contributed by atoms with Gasteiger partial charge in [-0.2, -0.15) is 0 Å². The lowest BCUT2D eigenvalue weighted by Crippen LogP contribution is -2.03. The third kappa shape index (κ3) is 0.867. The molecule has 2 rings (SSSR count). The van der Waals surface area contributed by atoms with Crippen LogP contribution in [0.25, 0.3) is 11.0 Å². The predicted octanol–water partition coefficient (Wildman–Crippen LogP) is 1.17. The Morgan fingerprint density at radius 1 is 1.64 bits per heavy atom. The number of hydrogen-bond acceptors (Lipinski definition) is 1. The molecule has 0 spiro atoms. The van der Waals surface area contributed by atoms with Crippen LogP contribution in [0.15, 0.2) is 12.5 Å². The second-order valence-corrected chi connectivity index (χ2v) is 2.44. The Morgan fingerprint density at radius 3 is 3.18 bits per heavy atom. The van der Waals surface area contributed by atoms with Gasteiger partial charge in [0.25, 0.3) is 0 Å². The minimum atomic E-state index is -0.394. The molecule has 0 aliphatic rings. The van der Waals surface area contributed by atoms with Crippen molar-refractivity contribution in [3.05, 3.63) is 23.5 Å². The molecule has 0 aliphatic carbocycles. The molecule has 2 aromatic rings. The lowest BCUT2D eigenvalue weighted by atomic mass is 10.4. The van der Waals surface area contributed by atoms with E-state index in [-0.39, 0.29) is 5.15 Å². The van der Waals surface area contributed by atoms with E-state index < -0.39 is 5.82 Å². The highest BCUT2D eigenvalue weighted by Crippen LogP contribution is 2.19. The van der Waals surface area contributed by atoms with Crippen LogP contribution in [0.2, 0.25) is 5.15 Å². The molecule has 2 aromatic heterocycles. The van der Waals surface area contributed by atoms with Crippen molar-refractivity contribution < 1.29 is 9.37 Å². The zero-order valence-corrected chi connectivity index (χ0v) is 6.11. The topological polar surface area (TPSA) is 42.8 Å². The zero-order valence-electron chi connectivity index (χ0n) is 5.36. The van der Waals surface area contributed by atoms with Crippen molar-refractivity contribution in [2.75, 3.05) is 0 Å². The number of aromatic nitrogens is 3. The van der Waals surface area contributed by atoms with Gasteiger partial charge in [0, 0.05) is 0 Å². The molecule has 0 fully saturated rings. The van der Waals surface area contributed by atoms with Gasteiger partial charge in [-0.1, -0.05) is 4.98 Å². The molecule has 0 saturated heterocycles. The van der Waals surface area contributed by atoms with Crippen molar-refractivity contribution >= 4 is 22.6 Å². The van der Waals surface area contributed by atoms with Gasteiger partial charge in [-0.15, -0.1) is 0 Å². The van der Waals surface area contributed by atoms with Gasteiger partial charge in [-0.3, -0.25) is 4.98 Å². The minimum absolute atomic E-state index is 0.164. The number of fused-ring (bicyclic) bond motifs is 1. The highest BCUT2D eigenvalue weighted by molar-refractivity contribution is 6.33. The molecule has 56 valence electrons. The van der Waals surface area contributed by atoms with Crippen LogP contribution >= 0.6 is 11.6 Å². The summed E-state index contributed by atoms with van der Waals surface area (Å²) in [5, 5.41) is 0.465. The maximum Gasteiger partial charge on any atom is 0.238 e. The van der Waals surface area contributed by atoms with Crippen LogP contribution in [0.4, 0.5) is 4.39 Å². The number of rotatable bonds is 0. The molecule has 0 bridgehead atoms. The number of hydrogen-bond donors (Lipinski definition) is 1. The highest BCUT2D eigenvalue weighted by atomic mass is 35.5. The van der Waals surface area contributed by atoms with Gasteiger partial charge in [-0.05, 0) is 11.6 Å². The van der Waals surface area contributed by atoms with E-state index in [1.165, 1.54) is 12.5 Å². The third-order valence-corrected chi connectivity index (χ3v) is 1.71. The summed E-state index contributed by atoms with van der Waals surface area (Å²) in [6.07, 6.45) is 2.63. The Balaban J connectivity index is 2.96. The maximum atomic E-state index is 12.8. The van der Waals surface area contributed by atoms with E-state index in [2.05, 4.69) is 15.0 Å². The van der Waals surface area contributed by atoms with E-state index in [1.807, 2.05) is 0 Å². The first kappa shape index (κ1) is 6.54. The Morgan fingerprint density at radius 2 is 2.45 bits per heavy atom. The standard InChI is InChI=1S/C6H3ClFN3/c7-5-4-3(8)1-9-6(4)11-2-10-5/h1-2H,(H,9,10,11)/p+1. The molecule has 0 atom stereocenters. The van der Waals surface area contributed by atoms with E-state index in [4.69, 9.17) is 11.6 Å². The fourth-order valence-electron chi connectivity index (χ4n) is 0.933. The molecule has 0 aliphatic heterocycles. The summed E-state index contributed by atoms with van der Waals surface area (Å²) < 4.78 is 12.8. The van der Waals surface area contributed by atoms with Crippen LogP contribution in [-0.4, -0.2) is 9.97 Å². The highest BCUT2D eigenvalue weighted by Gasteiger charge is 2.13. The Labute approximate surface area is 66.2 Å². The van der Waals surface area contributed by atoms with Crippen molar-refractivity contribution in [3.63, 3.8) is 0 Å². The van der Waals surface area contributed by atoms with Crippen LogP contribution in [-0.2, 0) is 0 Å². The molecule has 2 heterocycles. The molecule has 0 unspecified atom stereocenters. The molecular formula is C6H4ClFN3+. The Bertz CT molecular complexity index is 398. The summed E-state index contributed by atoms with van der Waals surface area (Å²) in [4.78, 5) is 9.09. The van der Waals surface area contributed by atoms with Gasteiger partial charge in [0.05, 0.1) is 6.20 Å². The maximum absolute atomic E-state index is 12.8. The number of H-pyrrole nitrogens is 2. The smallest absolute Gasteiger partial charge is 0.238 e. The van der Waals surface area contributed by atoms with Gasteiger partial charge in [0.1, 0.15) is 5.39 Å². The Hall–Kier alpha value is -1.16. The normalized spacial score (nSPS) is 10.7. The first-order valence-corrected chi connectivity index (χ1v) is 3.35. The SMILES string of the molecule is Fc1c[nH]c2[nH+]cnc(Cl)c12. The van der Waals surface area contributed by atoms with E-state index in [0.717, 1.165) is 0 Å². The van der Waals surface area contributed by atoms with Crippen molar-refractivity contribution in [3.8, 4) is 0 Å². The summed E-state index contributed by atoms with van der Waals surface area (Å²) in [5.41, 5.74) is 0.544. The fraction of sp³-hybridized carbons (Fsp3) is 0. The van der Waals surface area contributed by atoms with Gasteiger partial charge in [-0.25, -0.2) is 9.37 Å². The average molecular weight is 173 g/mol. The van der Waals surface area contributed by atoms with Crippen molar-refractivity contribution in [1.29, 1.82) is 0 Å². The first-order chi connectivity index (χ1) is 5.29. The quantitative estimate of drug-likeness (QED) is 0.596. The van der Waals surface area contributed by atoms with E-state index in [9.17, 15) is 4.39 Å². The van der Waals surface area contributed by atoms with Gasteiger partial charge in [0.2, 0.25) is 17.1 Å². The van der Waals surface area contributed by atoms with Crippen molar-refractivity contribution in [1.82, 2.24) is 9.97 Å². The van der Waals surface area contributed by atoms with Gasteiger partial charge in [0.15, 0.2) is 5.82 Å². The molecule has 5 heteroatoms. The average Bonchev–Trinajstić information content (AvgIpc) is 2.34. The van der Waals surface area contributed by atoms with Crippen LogP contribution in [0, 0.1) is 5.82 Å². The molecular weight excluding hydrogens is 169 g/mol. The van der Waals surface area contributed by atoms with E-state index in [0.29, 0.717) is 11.0 Å². The monoisotopic (exact) mass is 172 g/mol. The summed E-state index contributed by atoms with van der Waals surface area (Å²) in [5.74, 6) is -0.394. The zero-order chi connectivity index (χ0) is 7.84. The third-order valence-electron chi connectivity index (χ3n) is 1.43. The molecule has 0 saturated carbocycles. The van der Waals surface area contributed by atoms with E-state index in [1.54, 1.807) is 0 Å². The molecule has 0 aromatic carbocycles. The summed E-state index contributed by atoms with van der Waals surface area (Å²) >= 11 is 5.61. The van der Waals surface area contributed by atoms with Crippen LogP contribution in [0.3, 0.4) is 0 Å². The second kappa shape index (κ2) is 2.17. The molecule has 11 heavy (non-hydrogen) atoms. The number of nitrogens with zero attached hydrogens (tertiary/aromatic N) is 1. The van der Waals surface area contributed by atoms with Crippen molar-refractivity contribution in [2.24, 2.45) is 0 Å². The van der Waals surface area contributed by atoms with Gasteiger partial charge >= 0.3 is 0 Å². The second-order valence-electron chi connectivity index (χ2n) is 2.08. The predicted molar refractivity (Wildman–Crippen MR) is 37.6 cm³/mol. The fourth-order valence-corrected chi connectivity index (χ4v) is 1.17. The molecule has 2 N–H and O–H groups in total. The van der Waals surface area contributed by atoms with E-state index >= 15 is 0 Å². The van der Waals surface area contributed by atoms with Crippen LogP contribution in [0.1, 0.15) is 0 Å². The Kier molecular flexibility index (Phi) is 1.29. The summed E-state index contributed by atoms with van der Waals surface area (Å²) in [6, 6.07) is 0. The minimum Gasteiger partial charge on any atom is -0.276 e. The molecule has 0 radical (unpaired) electrons. The lowest BCUT2D eigenvalue weighted by Gasteiger charge is -1.83. The molecule has 3 nitrogen and oxygen atoms in total. The lowest BCUT2D eigenvalue weighted by molar-refractivity contribution is -0.352. The van der Waals surface area contributed by atoms with Gasteiger partial charge < -0.3 is 0 Å². The first-order valence-electron chi connectivity index (χ1n) is 2.98.